The highest BCUT2D eigenvalue weighted by atomic mass is 19.4. The fourth-order valence-electron chi connectivity index (χ4n) is 4.95. The van der Waals surface area contributed by atoms with Gasteiger partial charge in [0.05, 0.1) is 0 Å². The first-order valence-corrected chi connectivity index (χ1v) is 9.83. The van der Waals surface area contributed by atoms with Crippen LogP contribution in [0.5, 0.6) is 5.75 Å². The molecule has 0 saturated heterocycles. The predicted molar refractivity (Wildman–Crippen MR) is 98.1 cm³/mol. The van der Waals surface area contributed by atoms with Crippen molar-refractivity contribution in [1.29, 1.82) is 0 Å². The van der Waals surface area contributed by atoms with Crippen LogP contribution >= 0.6 is 0 Å². The fourth-order valence-corrected chi connectivity index (χ4v) is 4.95. The molecule has 0 spiro atoms. The molecule has 144 valence electrons. The Balaban J connectivity index is 1.49. The summed E-state index contributed by atoms with van der Waals surface area (Å²) in [5, 5.41) is 0. The molecule has 1 aromatic rings. The van der Waals surface area contributed by atoms with Gasteiger partial charge in [-0.3, -0.25) is 0 Å². The van der Waals surface area contributed by atoms with Crippen molar-refractivity contribution in [2.75, 3.05) is 0 Å². The van der Waals surface area contributed by atoms with Crippen LogP contribution in [0.4, 0.5) is 13.2 Å². The largest absolute Gasteiger partial charge is 0.573 e. The minimum atomic E-state index is -4.62. The van der Waals surface area contributed by atoms with Crippen molar-refractivity contribution in [3.63, 3.8) is 0 Å². The van der Waals surface area contributed by atoms with Gasteiger partial charge in [0, 0.05) is 0 Å². The second kappa shape index (κ2) is 8.06. The monoisotopic (exact) mass is 366 g/mol. The molecule has 0 unspecified atom stereocenters. The Morgan fingerprint density at radius 3 is 1.85 bits per heavy atom. The molecule has 2 aliphatic rings. The van der Waals surface area contributed by atoms with E-state index in [2.05, 4.69) is 18.2 Å². The maximum Gasteiger partial charge on any atom is 0.573 e. The summed E-state index contributed by atoms with van der Waals surface area (Å²) in [5.41, 5.74) is 2.48. The van der Waals surface area contributed by atoms with E-state index < -0.39 is 6.36 Å². The average molecular weight is 366 g/mol. The summed E-state index contributed by atoms with van der Waals surface area (Å²) < 4.78 is 40.7. The van der Waals surface area contributed by atoms with Crippen LogP contribution in [0.3, 0.4) is 0 Å². The van der Waals surface area contributed by atoms with Crippen LogP contribution in [-0.2, 0) is 0 Å². The Kier molecular flexibility index (Phi) is 5.99. The number of ether oxygens (including phenoxy) is 1. The van der Waals surface area contributed by atoms with Gasteiger partial charge in [-0.15, -0.1) is 13.2 Å². The normalized spacial score (nSPS) is 30.0. The van der Waals surface area contributed by atoms with Crippen molar-refractivity contribution in [2.24, 2.45) is 17.8 Å². The van der Waals surface area contributed by atoms with Crippen LogP contribution < -0.4 is 4.74 Å². The Bertz CT molecular complexity index is 589. The Hall–Kier alpha value is -1.45. The van der Waals surface area contributed by atoms with Gasteiger partial charge in [0.25, 0.3) is 0 Å². The van der Waals surface area contributed by atoms with E-state index in [0.717, 1.165) is 36.2 Å². The number of benzene rings is 1. The van der Waals surface area contributed by atoms with E-state index in [9.17, 15) is 13.2 Å². The molecule has 0 atom stereocenters. The number of alkyl halides is 3. The van der Waals surface area contributed by atoms with Crippen molar-refractivity contribution in [2.45, 2.75) is 70.6 Å². The minimum Gasteiger partial charge on any atom is -0.406 e. The lowest BCUT2D eigenvalue weighted by Gasteiger charge is -2.38. The van der Waals surface area contributed by atoms with Gasteiger partial charge < -0.3 is 4.74 Å². The zero-order chi connectivity index (χ0) is 18.7. The second-order valence-corrected chi connectivity index (χ2v) is 8.19. The Labute approximate surface area is 154 Å². The molecule has 4 heteroatoms. The molecule has 2 aliphatic carbocycles. The van der Waals surface area contributed by atoms with E-state index >= 15 is 0 Å². The van der Waals surface area contributed by atoms with E-state index in [0.29, 0.717) is 5.92 Å². The second-order valence-electron chi connectivity index (χ2n) is 8.19. The summed E-state index contributed by atoms with van der Waals surface area (Å²) in [6.45, 7) is 6.27. The molecule has 1 nitrogen and oxygen atoms in total. The molecular formula is C22H29F3O. The highest BCUT2D eigenvalue weighted by Gasteiger charge is 2.32. The van der Waals surface area contributed by atoms with Crippen LogP contribution in [0.1, 0.15) is 69.8 Å². The molecule has 0 aromatic heterocycles. The number of halogens is 3. The Morgan fingerprint density at radius 1 is 0.885 bits per heavy atom. The molecular weight excluding hydrogens is 337 g/mol. The van der Waals surface area contributed by atoms with Crippen LogP contribution in [-0.4, -0.2) is 6.36 Å². The van der Waals surface area contributed by atoms with Crippen LogP contribution in [0.25, 0.3) is 0 Å². The molecule has 26 heavy (non-hydrogen) atoms. The van der Waals surface area contributed by atoms with E-state index in [1.165, 1.54) is 56.2 Å². The number of allylic oxidation sites excluding steroid dienone is 1. The van der Waals surface area contributed by atoms with Gasteiger partial charge in [-0.25, -0.2) is 0 Å². The summed E-state index contributed by atoms with van der Waals surface area (Å²) in [6.07, 6.45) is 5.40. The van der Waals surface area contributed by atoms with E-state index in [1.54, 1.807) is 12.1 Å². The molecule has 0 amide bonds. The zero-order valence-corrected chi connectivity index (χ0v) is 15.5. The van der Waals surface area contributed by atoms with E-state index in [4.69, 9.17) is 0 Å². The summed E-state index contributed by atoms with van der Waals surface area (Å²) in [6, 6.07) is 6.47. The number of hydrogen-bond acceptors (Lipinski definition) is 1. The molecule has 2 saturated carbocycles. The first-order chi connectivity index (χ1) is 12.3. The summed E-state index contributed by atoms with van der Waals surface area (Å²) >= 11 is 0. The van der Waals surface area contributed by atoms with Crippen molar-refractivity contribution >= 4 is 0 Å². The third-order valence-electron chi connectivity index (χ3n) is 6.49. The maximum absolute atomic E-state index is 12.3. The fraction of sp³-hybridized carbons (Fsp3) is 0.636. The first kappa shape index (κ1) is 19.3. The van der Waals surface area contributed by atoms with Crippen molar-refractivity contribution < 1.29 is 17.9 Å². The lowest BCUT2D eigenvalue weighted by molar-refractivity contribution is -0.274. The third kappa shape index (κ3) is 5.05. The summed E-state index contributed by atoms with van der Waals surface area (Å²) in [4.78, 5) is 0. The van der Waals surface area contributed by atoms with E-state index in [-0.39, 0.29) is 5.75 Å². The van der Waals surface area contributed by atoms with Gasteiger partial charge in [0.15, 0.2) is 0 Å². The smallest absolute Gasteiger partial charge is 0.406 e. The summed E-state index contributed by atoms with van der Waals surface area (Å²) in [7, 11) is 0. The lowest BCUT2D eigenvalue weighted by atomic mass is 9.68. The molecule has 0 aliphatic heterocycles. The number of hydrogen-bond donors (Lipinski definition) is 0. The Morgan fingerprint density at radius 2 is 1.38 bits per heavy atom. The average Bonchev–Trinajstić information content (AvgIpc) is 2.61. The molecule has 1 aromatic carbocycles. The molecule has 0 bridgehead atoms. The highest BCUT2D eigenvalue weighted by molar-refractivity contribution is 5.29. The van der Waals surface area contributed by atoms with Gasteiger partial charge in [-0.2, -0.15) is 0 Å². The standard InChI is InChI=1S/C22H29F3O/c1-15(2)16-3-5-17(6-4-16)18-7-9-19(10-8-18)20-11-13-21(14-12-20)26-22(23,24)25/h11-14,16-19H,1,3-10H2,2H3. The SMILES string of the molecule is C=C(C)C1CCC(C2CCC(c3ccc(OC(F)(F)F)cc3)CC2)CC1. The molecule has 0 N–H and O–H groups in total. The number of rotatable bonds is 4. The van der Waals surface area contributed by atoms with Gasteiger partial charge in [-0.1, -0.05) is 24.3 Å². The summed E-state index contributed by atoms with van der Waals surface area (Å²) in [5.74, 6) is 2.74. The van der Waals surface area contributed by atoms with Crippen molar-refractivity contribution in [1.82, 2.24) is 0 Å². The highest BCUT2D eigenvalue weighted by Crippen LogP contribution is 2.44. The zero-order valence-electron chi connectivity index (χ0n) is 15.5. The van der Waals surface area contributed by atoms with Gasteiger partial charge in [-0.05, 0) is 99.7 Å². The topological polar surface area (TPSA) is 9.23 Å². The lowest BCUT2D eigenvalue weighted by Crippen LogP contribution is -2.25. The van der Waals surface area contributed by atoms with Gasteiger partial charge in [0.2, 0.25) is 0 Å². The molecule has 0 radical (unpaired) electrons. The first-order valence-electron chi connectivity index (χ1n) is 9.83. The molecule has 3 rings (SSSR count). The van der Waals surface area contributed by atoms with Crippen LogP contribution in [0.2, 0.25) is 0 Å². The van der Waals surface area contributed by atoms with Crippen molar-refractivity contribution in [3.8, 4) is 5.75 Å². The van der Waals surface area contributed by atoms with Gasteiger partial charge in [0.1, 0.15) is 5.75 Å². The van der Waals surface area contributed by atoms with Crippen LogP contribution in [0.15, 0.2) is 36.4 Å². The molecule has 0 heterocycles. The van der Waals surface area contributed by atoms with Crippen molar-refractivity contribution in [3.05, 3.63) is 42.0 Å². The maximum atomic E-state index is 12.3. The minimum absolute atomic E-state index is 0.135. The quantitative estimate of drug-likeness (QED) is 0.510. The third-order valence-corrected chi connectivity index (χ3v) is 6.49. The van der Waals surface area contributed by atoms with Gasteiger partial charge >= 0.3 is 6.36 Å². The van der Waals surface area contributed by atoms with E-state index in [1.807, 2.05) is 0 Å². The predicted octanol–water partition coefficient (Wildman–Crippen LogP) is 7.24. The molecule has 2 fully saturated rings. The van der Waals surface area contributed by atoms with Crippen LogP contribution in [0, 0.1) is 17.8 Å².